The first-order valence-electron chi connectivity index (χ1n) is 13.3. The van der Waals surface area contributed by atoms with Gasteiger partial charge in [-0.05, 0) is 69.0 Å². The number of fused-ring (bicyclic) bond motifs is 3. The lowest BCUT2D eigenvalue weighted by molar-refractivity contribution is 0.315. The van der Waals surface area contributed by atoms with Gasteiger partial charge >= 0.3 is 0 Å². The van der Waals surface area contributed by atoms with E-state index in [-0.39, 0.29) is 16.2 Å². The highest BCUT2D eigenvalue weighted by molar-refractivity contribution is 5.80. The van der Waals surface area contributed by atoms with Crippen LogP contribution in [0.3, 0.4) is 0 Å². The number of allylic oxidation sites excluding steroid dienone is 4. The summed E-state index contributed by atoms with van der Waals surface area (Å²) in [7, 11) is 0. The van der Waals surface area contributed by atoms with Crippen LogP contribution in [-0.2, 0) is 22.7 Å². The summed E-state index contributed by atoms with van der Waals surface area (Å²) in [6.45, 7) is 14.2. The fourth-order valence-electron chi connectivity index (χ4n) is 6.56. The second-order valence-electron chi connectivity index (χ2n) is 13.0. The van der Waals surface area contributed by atoms with Crippen molar-refractivity contribution in [3.05, 3.63) is 82.5 Å². The van der Waals surface area contributed by atoms with Crippen molar-refractivity contribution in [1.82, 2.24) is 0 Å². The average Bonchev–Trinajstić information content (AvgIpc) is 3.34. The largest absolute Gasteiger partial charge is 0.0767 e. The Morgan fingerprint density at radius 3 is 1.91 bits per heavy atom. The summed E-state index contributed by atoms with van der Waals surface area (Å²) in [6.07, 6.45) is 18.8. The number of rotatable bonds is 2. The molecule has 2 aromatic carbocycles. The fourth-order valence-corrected chi connectivity index (χ4v) is 6.56. The van der Waals surface area contributed by atoms with Crippen molar-refractivity contribution in [2.24, 2.45) is 5.92 Å². The van der Waals surface area contributed by atoms with E-state index in [4.69, 9.17) is 0 Å². The van der Waals surface area contributed by atoms with Crippen LogP contribution in [0.5, 0.6) is 0 Å². The zero-order valence-corrected chi connectivity index (χ0v) is 21.7. The summed E-state index contributed by atoms with van der Waals surface area (Å²) in [5, 5.41) is 0. The minimum atomic E-state index is 0.140. The molecule has 0 aromatic heterocycles. The van der Waals surface area contributed by atoms with Gasteiger partial charge in [0.05, 0.1) is 0 Å². The quantitative estimate of drug-likeness (QED) is 0.350. The van der Waals surface area contributed by atoms with Crippen LogP contribution in [0.15, 0.2) is 54.6 Å². The summed E-state index contributed by atoms with van der Waals surface area (Å²) in [5.41, 5.74) is 11.3. The molecule has 0 saturated heterocycles. The standard InChI is InChI=1S/C33H42/c1-31(2,3)25-16-15-23-19-29-28(27(23)20-25)21-26(32(4,5)6)22-30(29)33(24-13-9-10-14-24)17-11-7-8-12-18-33/h9-10,13-16,20-22,24H,7-8,11-12,17-19H2,1-6H3. The zero-order valence-electron chi connectivity index (χ0n) is 21.7. The first-order chi connectivity index (χ1) is 15.6. The molecule has 0 heterocycles. The van der Waals surface area contributed by atoms with Gasteiger partial charge in [-0.15, -0.1) is 0 Å². The topological polar surface area (TPSA) is 0 Å². The van der Waals surface area contributed by atoms with E-state index in [0.29, 0.717) is 5.92 Å². The lowest BCUT2D eigenvalue weighted by atomic mass is 9.63. The van der Waals surface area contributed by atoms with Gasteiger partial charge in [0, 0.05) is 11.3 Å². The SMILES string of the molecule is CC(C)(C)c1ccc2c(c1)-c1cc(C(C)(C)C)cc(C3(C4C=CC=C4)CCCCCC3)c1C2. The highest BCUT2D eigenvalue weighted by atomic mass is 14.5. The molecule has 0 amide bonds. The van der Waals surface area contributed by atoms with Gasteiger partial charge in [0.15, 0.2) is 0 Å². The average molecular weight is 439 g/mol. The first kappa shape index (κ1) is 22.7. The Morgan fingerprint density at radius 1 is 0.697 bits per heavy atom. The van der Waals surface area contributed by atoms with Crippen LogP contribution in [0, 0.1) is 5.92 Å². The molecule has 33 heavy (non-hydrogen) atoms. The molecule has 3 aliphatic rings. The third-order valence-electron chi connectivity index (χ3n) is 8.67. The van der Waals surface area contributed by atoms with Crippen molar-refractivity contribution < 1.29 is 0 Å². The molecule has 5 rings (SSSR count). The molecule has 174 valence electrons. The molecule has 2 aromatic rings. The van der Waals surface area contributed by atoms with E-state index < -0.39 is 0 Å². The van der Waals surface area contributed by atoms with Gasteiger partial charge in [0.2, 0.25) is 0 Å². The van der Waals surface area contributed by atoms with Gasteiger partial charge in [-0.3, -0.25) is 0 Å². The van der Waals surface area contributed by atoms with Crippen LogP contribution in [0.2, 0.25) is 0 Å². The Balaban J connectivity index is 1.76. The molecule has 3 aliphatic carbocycles. The molecular weight excluding hydrogens is 396 g/mol. The molecule has 0 bridgehead atoms. The van der Waals surface area contributed by atoms with Gasteiger partial charge in [-0.1, -0.05) is 122 Å². The van der Waals surface area contributed by atoms with Crippen molar-refractivity contribution in [2.75, 3.05) is 0 Å². The minimum absolute atomic E-state index is 0.140. The van der Waals surface area contributed by atoms with Crippen LogP contribution in [0.1, 0.15) is 108 Å². The summed E-state index contributed by atoms with van der Waals surface area (Å²) in [4.78, 5) is 0. The smallest absolute Gasteiger partial charge is 0.00537 e. The first-order valence-corrected chi connectivity index (χ1v) is 13.3. The Hall–Kier alpha value is -2.08. The lowest BCUT2D eigenvalue weighted by Crippen LogP contribution is -2.34. The van der Waals surface area contributed by atoms with Crippen LogP contribution in [-0.4, -0.2) is 0 Å². The summed E-state index contributed by atoms with van der Waals surface area (Å²) in [5.74, 6) is 0.531. The number of benzene rings is 2. The van der Waals surface area contributed by atoms with Crippen LogP contribution < -0.4 is 0 Å². The Labute approximate surface area is 202 Å². The zero-order chi connectivity index (χ0) is 23.4. The Morgan fingerprint density at radius 2 is 1.30 bits per heavy atom. The van der Waals surface area contributed by atoms with Crippen molar-refractivity contribution in [3.63, 3.8) is 0 Å². The Bertz CT molecular complexity index is 1090. The molecule has 1 fully saturated rings. The van der Waals surface area contributed by atoms with Crippen LogP contribution in [0.25, 0.3) is 11.1 Å². The summed E-state index contributed by atoms with van der Waals surface area (Å²) in [6, 6.07) is 12.5. The molecule has 0 N–H and O–H groups in total. The van der Waals surface area contributed by atoms with Crippen LogP contribution >= 0.6 is 0 Å². The summed E-state index contributed by atoms with van der Waals surface area (Å²) >= 11 is 0. The van der Waals surface area contributed by atoms with Crippen LogP contribution in [0.4, 0.5) is 0 Å². The maximum absolute atomic E-state index is 2.64. The van der Waals surface area contributed by atoms with Crippen molar-refractivity contribution in [1.29, 1.82) is 0 Å². The molecule has 0 heteroatoms. The highest BCUT2D eigenvalue weighted by Crippen LogP contribution is 2.52. The molecule has 0 unspecified atom stereocenters. The van der Waals surface area contributed by atoms with Crippen molar-refractivity contribution in [3.8, 4) is 11.1 Å². The number of hydrogen-bond acceptors (Lipinski definition) is 0. The molecule has 0 radical (unpaired) electrons. The van der Waals surface area contributed by atoms with E-state index in [0.717, 1.165) is 6.42 Å². The number of hydrogen-bond donors (Lipinski definition) is 0. The van der Waals surface area contributed by atoms with Gasteiger partial charge in [-0.25, -0.2) is 0 Å². The van der Waals surface area contributed by atoms with E-state index >= 15 is 0 Å². The van der Waals surface area contributed by atoms with Gasteiger partial charge < -0.3 is 0 Å². The fraction of sp³-hybridized carbons (Fsp3) is 0.515. The predicted molar refractivity (Wildman–Crippen MR) is 143 cm³/mol. The lowest BCUT2D eigenvalue weighted by Gasteiger charge is -2.40. The molecule has 0 aliphatic heterocycles. The van der Waals surface area contributed by atoms with E-state index in [1.54, 1.807) is 11.1 Å². The second kappa shape index (κ2) is 8.00. The normalized spacial score (nSPS) is 20.1. The molecule has 0 atom stereocenters. The third-order valence-corrected chi connectivity index (χ3v) is 8.67. The van der Waals surface area contributed by atoms with Crippen molar-refractivity contribution in [2.45, 2.75) is 103 Å². The molecule has 0 nitrogen and oxygen atoms in total. The second-order valence-corrected chi connectivity index (χ2v) is 13.0. The predicted octanol–water partition coefficient (Wildman–Crippen LogP) is 9.19. The summed E-state index contributed by atoms with van der Waals surface area (Å²) < 4.78 is 0. The van der Waals surface area contributed by atoms with E-state index in [1.807, 2.05) is 0 Å². The molecular formula is C33H42. The van der Waals surface area contributed by atoms with Gasteiger partial charge in [0.25, 0.3) is 0 Å². The maximum Gasteiger partial charge on any atom is 0.00537 e. The third kappa shape index (κ3) is 3.94. The minimum Gasteiger partial charge on any atom is -0.0767 e. The van der Waals surface area contributed by atoms with E-state index in [1.165, 1.54) is 66.3 Å². The molecule has 1 saturated carbocycles. The van der Waals surface area contributed by atoms with Crippen molar-refractivity contribution >= 4 is 0 Å². The van der Waals surface area contributed by atoms with E-state index in [2.05, 4.69) is 96.2 Å². The monoisotopic (exact) mass is 438 g/mol. The maximum atomic E-state index is 2.64. The van der Waals surface area contributed by atoms with E-state index in [9.17, 15) is 0 Å². The molecule has 0 spiro atoms. The van der Waals surface area contributed by atoms with Gasteiger partial charge in [0.1, 0.15) is 0 Å². The Kier molecular flexibility index (Phi) is 5.50. The van der Waals surface area contributed by atoms with Gasteiger partial charge in [-0.2, -0.15) is 0 Å². The highest BCUT2D eigenvalue weighted by Gasteiger charge is 2.42.